The van der Waals surface area contributed by atoms with Crippen LogP contribution in [-0.4, -0.2) is 20.4 Å². The van der Waals surface area contributed by atoms with Crippen LogP contribution in [0, 0.1) is 18.8 Å². The second-order valence-electron chi connectivity index (χ2n) is 7.79. The summed E-state index contributed by atoms with van der Waals surface area (Å²) in [6, 6.07) is 3.24. The third-order valence-corrected chi connectivity index (χ3v) is 5.63. The third-order valence-electron chi connectivity index (χ3n) is 5.63. The molecule has 8 heteroatoms. The van der Waals surface area contributed by atoms with Crippen LogP contribution >= 0.6 is 0 Å². The molecule has 2 atom stereocenters. The number of hydrogen-bond donors (Lipinski definition) is 3. The smallest absolute Gasteiger partial charge is 0.277 e. The van der Waals surface area contributed by atoms with Crippen molar-refractivity contribution in [3.63, 3.8) is 0 Å². The predicted octanol–water partition coefficient (Wildman–Crippen LogP) is 3.32. The van der Waals surface area contributed by atoms with E-state index in [1.165, 1.54) is 6.33 Å². The molecule has 2 aromatic heterocycles. The van der Waals surface area contributed by atoms with E-state index >= 15 is 0 Å². The van der Waals surface area contributed by atoms with Gasteiger partial charge in [-0.2, -0.15) is 0 Å². The van der Waals surface area contributed by atoms with Crippen LogP contribution < -0.4 is 21.9 Å². The molecule has 0 saturated carbocycles. The van der Waals surface area contributed by atoms with Crippen molar-refractivity contribution < 1.29 is 4.79 Å². The van der Waals surface area contributed by atoms with E-state index < -0.39 is 5.66 Å². The van der Waals surface area contributed by atoms with Crippen LogP contribution in [0.4, 0.5) is 17.3 Å². The first-order chi connectivity index (χ1) is 14.3. The Morgan fingerprint density at radius 2 is 2.00 bits per heavy atom. The van der Waals surface area contributed by atoms with Crippen molar-refractivity contribution in [1.29, 1.82) is 0 Å². The standard InChI is InChI=1S/C20H24N6O2.C2H6/c1-11(2)13-6-4-5-7-20(13)25-18(27)17-12(3)8-14(19(28)26(17)20)24-16-9-15(21)22-10-23-16;1-2/h5,7-11,13H,4,6H2,1-3H3,(H,25,27)(H3,21,22,23,24);1-2H3. The molecule has 0 fully saturated rings. The summed E-state index contributed by atoms with van der Waals surface area (Å²) in [4.78, 5) is 34.3. The van der Waals surface area contributed by atoms with Gasteiger partial charge in [0.05, 0.1) is 0 Å². The van der Waals surface area contributed by atoms with Gasteiger partial charge in [-0.1, -0.05) is 33.8 Å². The van der Waals surface area contributed by atoms with Gasteiger partial charge in [-0.3, -0.25) is 14.2 Å². The Kier molecular flexibility index (Phi) is 5.96. The van der Waals surface area contributed by atoms with Gasteiger partial charge < -0.3 is 16.4 Å². The zero-order valence-electron chi connectivity index (χ0n) is 18.2. The molecule has 0 aromatic carbocycles. The maximum Gasteiger partial charge on any atom is 0.277 e. The van der Waals surface area contributed by atoms with E-state index in [2.05, 4.69) is 34.4 Å². The van der Waals surface area contributed by atoms with Crippen LogP contribution in [0.2, 0.25) is 0 Å². The Balaban J connectivity index is 0.00000124. The number of pyridine rings is 1. The second kappa shape index (κ2) is 8.30. The first-order valence-electron chi connectivity index (χ1n) is 10.5. The van der Waals surface area contributed by atoms with E-state index in [9.17, 15) is 9.59 Å². The number of rotatable bonds is 3. The lowest BCUT2D eigenvalue weighted by atomic mass is 9.76. The van der Waals surface area contributed by atoms with Gasteiger partial charge in [0.25, 0.3) is 11.5 Å². The molecule has 2 aromatic rings. The number of nitrogens with one attached hydrogen (secondary N) is 2. The number of aryl methyl sites for hydroxylation is 1. The molecule has 1 aliphatic heterocycles. The van der Waals surface area contributed by atoms with Crippen molar-refractivity contribution in [2.24, 2.45) is 11.8 Å². The number of carbonyl (C=O) groups excluding carboxylic acids is 1. The fourth-order valence-electron chi connectivity index (χ4n) is 4.44. The SMILES string of the molecule is CC.Cc1cc(Nc2cc(N)ncn2)c(=O)n2c1C(=O)NC21C=CCCC1C(C)C. The number of amides is 1. The van der Waals surface area contributed by atoms with Crippen LogP contribution in [0.5, 0.6) is 0 Å². The van der Waals surface area contributed by atoms with Crippen LogP contribution in [0.25, 0.3) is 0 Å². The molecular weight excluding hydrogens is 380 g/mol. The molecular formula is C22H30N6O2. The fourth-order valence-corrected chi connectivity index (χ4v) is 4.44. The van der Waals surface area contributed by atoms with E-state index in [1.54, 1.807) is 16.7 Å². The molecule has 160 valence electrons. The minimum atomic E-state index is -0.844. The zero-order chi connectivity index (χ0) is 22.1. The number of nitrogens with zero attached hydrogens (tertiary/aromatic N) is 3. The Labute approximate surface area is 176 Å². The quantitative estimate of drug-likeness (QED) is 0.669. The number of anilines is 3. The summed E-state index contributed by atoms with van der Waals surface area (Å²) in [7, 11) is 0. The Bertz CT molecular complexity index is 1040. The summed E-state index contributed by atoms with van der Waals surface area (Å²) >= 11 is 0. The lowest BCUT2D eigenvalue weighted by molar-refractivity contribution is 0.0846. The van der Waals surface area contributed by atoms with Crippen LogP contribution in [-0.2, 0) is 5.66 Å². The highest BCUT2D eigenvalue weighted by Crippen LogP contribution is 2.41. The van der Waals surface area contributed by atoms with Crippen molar-refractivity contribution in [2.45, 2.75) is 53.1 Å². The molecule has 30 heavy (non-hydrogen) atoms. The molecule has 2 aliphatic rings. The Morgan fingerprint density at radius 3 is 2.67 bits per heavy atom. The Hall–Kier alpha value is -3.16. The van der Waals surface area contributed by atoms with Crippen LogP contribution in [0.1, 0.15) is 56.6 Å². The average molecular weight is 411 g/mol. The number of nitrogens with two attached hydrogens (primary N) is 1. The van der Waals surface area contributed by atoms with Crippen molar-refractivity contribution in [3.8, 4) is 0 Å². The summed E-state index contributed by atoms with van der Waals surface area (Å²) < 4.78 is 1.62. The van der Waals surface area contributed by atoms with Crippen molar-refractivity contribution >= 4 is 23.2 Å². The summed E-state index contributed by atoms with van der Waals surface area (Å²) in [6.45, 7) is 10.1. The second-order valence-corrected chi connectivity index (χ2v) is 7.79. The van der Waals surface area contributed by atoms with Gasteiger partial charge in [0.15, 0.2) is 0 Å². The van der Waals surface area contributed by atoms with E-state index in [-0.39, 0.29) is 17.4 Å². The minimum absolute atomic E-state index is 0.116. The van der Waals surface area contributed by atoms with Crippen molar-refractivity contribution in [3.05, 3.63) is 52.2 Å². The molecule has 0 bridgehead atoms. The topological polar surface area (TPSA) is 115 Å². The predicted molar refractivity (Wildman–Crippen MR) is 119 cm³/mol. The van der Waals surface area contributed by atoms with E-state index in [1.807, 2.05) is 32.9 Å². The molecule has 8 nitrogen and oxygen atoms in total. The number of carbonyl (C=O) groups is 1. The van der Waals surface area contributed by atoms with Crippen molar-refractivity contribution in [1.82, 2.24) is 19.9 Å². The normalized spacial score (nSPS) is 21.8. The molecule has 4 N–H and O–H groups in total. The third kappa shape index (κ3) is 3.46. The van der Waals surface area contributed by atoms with Gasteiger partial charge in [0, 0.05) is 12.0 Å². The Morgan fingerprint density at radius 1 is 1.27 bits per heavy atom. The van der Waals surface area contributed by atoms with Gasteiger partial charge in [-0.25, -0.2) is 9.97 Å². The first-order valence-corrected chi connectivity index (χ1v) is 10.5. The minimum Gasteiger partial charge on any atom is -0.384 e. The lowest BCUT2D eigenvalue weighted by Gasteiger charge is -2.41. The van der Waals surface area contributed by atoms with Gasteiger partial charge in [-0.05, 0) is 43.4 Å². The molecule has 1 aliphatic carbocycles. The summed E-state index contributed by atoms with van der Waals surface area (Å²) in [5.41, 5.74) is 6.08. The number of aromatic nitrogens is 3. The summed E-state index contributed by atoms with van der Waals surface area (Å²) in [5.74, 6) is 0.922. The van der Waals surface area contributed by atoms with Gasteiger partial charge in [0.1, 0.15) is 35.0 Å². The highest BCUT2D eigenvalue weighted by Gasteiger charge is 2.50. The molecule has 1 spiro atoms. The molecule has 2 unspecified atom stereocenters. The number of fused-ring (bicyclic) bond motifs is 2. The van der Waals surface area contributed by atoms with E-state index in [0.717, 1.165) is 18.4 Å². The van der Waals surface area contributed by atoms with Crippen LogP contribution in [0.15, 0.2) is 35.4 Å². The zero-order valence-corrected chi connectivity index (χ0v) is 18.2. The summed E-state index contributed by atoms with van der Waals surface area (Å²) in [6.07, 6.45) is 7.19. The molecule has 3 heterocycles. The van der Waals surface area contributed by atoms with Gasteiger partial charge in [0.2, 0.25) is 0 Å². The number of hydrogen-bond acceptors (Lipinski definition) is 6. The van der Waals surface area contributed by atoms with E-state index in [4.69, 9.17) is 5.73 Å². The van der Waals surface area contributed by atoms with E-state index in [0.29, 0.717) is 28.9 Å². The highest BCUT2D eigenvalue weighted by atomic mass is 16.2. The number of nitrogen functional groups attached to an aromatic ring is 1. The molecule has 1 amide bonds. The monoisotopic (exact) mass is 410 g/mol. The van der Waals surface area contributed by atoms with Gasteiger partial charge in [-0.15, -0.1) is 0 Å². The molecule has 0 radical (unpaired) electrons. The maximum atomic E-state index is 13.5. The highest BCUT2D eigenvalue weighted by molar-refractivity contribution is 5.97. The summed E-state index contributed by atoms with van der Waals surface area (Å²) in [5, 5.41) is 6.15. The lowest BCUT2D eigenvalue weighted by Crippen LogP contribution is -2.54. The van der Waals surface area contributed by atoms with Gasteiger partial charge >= 0.3 is 0 Å². The first kappa shape index (κ1) is 21.5. The number of allylic oxidation sites excluding steroid dienone is 1. The maximum absolute atomic E-state index is 13.5. The van der Waals surface area contributed by atoms with Crippen LogP contribution in [0.3, 0.4) is 0 Å². The van der Waals surface area contributed by atoms with Crippen molar-refractivity contribution in [2.75, 3.05) is 11.1 Å². The fraction of sp³-hybridized carbons (Fsp3) is 0.455. The largest absolute Gasteiger partial charge is 0.384 e. The molecule has 0 saturated heterocycles. The average Bonchev–Trinajstić information content (AvgIpc) is 3.00. The molecule has 4 rings (SSSR count).